The second-order valence-corrected chi connectivity index (χ2v) is 2.31. The Hall–Kier alpha value is -1.45. The van der Waals surface area contributed by atoms with E-state index in [1.54, 1.807) is 19.1 Å². The van der Waals surface area contributed by atoms with E-state index in [1.807, 2.05) is 13.8 Å². The Balaban J connectivity index is 0. The summed E-state index contributed by atoms with van der Waals surface area (Å²) in [4.78, 5) is 0. The number of alkyl halides is 3. The molecule has 0 N–H and O–H groups in total. The molecule has 1 nitrogen and oxygen atoms in total. The van der Waals surface area contributed by atoms with Crippen LogP contribution in [-0.2, 0) is 0 Å². The minimum absolute atomic E-state index is 0.148. The van der Waals surface area contributed by atoms with Crippen molar-refractivity contribution in [2.45, 2.75) is 27.1 Å². The monoisotopic (exact) mass is 234 g/mol. The molecule has 1 rings (SSSR count). The molecule has 0 aliphatic rings. The molecule has 16 heavy (non-hydrogen) atoms. The molecular weight excluding hydrogens is 217 g/mol. The maximum absolute atomic E-state index is 11.7. The van der Waals surface area contributed by atoms with Crippen molar-refractivity contribution in [1.29, 1.82) is 0 Å². The van der Waals surface area contributed by atoms with Gasteiger partial charge in [-0.05, 0) is 18.6 Å². The van der Waals surface area contributed by atoms with Crippen LogP contribution in [0.2, 0.25) is 0 Å². The van der Waals surface area contributed by atoms with Crippen molar-refractivity contribution >= 4 is 0 Å². The third-order valence-electron chi connectivity index (χ3n) is 1.32. The molecule has 1 aromatic carbocycles. The third kappa shape index (κ3) is 7.91. The first-order valence-electron chi connectivity index (χ1n) is 4.80. The summed E-state index contributed by atoms with van der Waals surface area (Å²) < 4.78 is 38.8. The number of benzene rings is 1. The molecule has 0 radical (unpaired) electrons. The Bertz CT molecular complexity index is 282. The van der Waals surface area contributed by atoms with Crippen LogP contribution in [0.25, 0.3) is 0 Å². The van der Waals surface area contributed by atoms with Crippen LogP contribution < -0.4 is 4.74 Å². The van der Waals surface area contributed by atoms with Crippen LogP contribution >= 0.6 is 0 Å². The second-order valence-electron chi connectivity index (χ2n) is 2.31. The maximum Gasteiger partial charge on any atom is 0.573 e. The fraction of sp³-hybridized carbons (Fsp3) is 0.333. The van der Waals surface area contributed by atoms with E-state index < -0.39 is 6.36 Å². The van der Waals surface area contributed by atoms with Crippen molar-refractivity contribution in [3.05, 3.63) is 43.0 Å². The van der Waals surface area contributed by atoms with Crippen LogP contribution in [0, 0.1) is 6.92 Å². The molecule has 0 fully saturated rings. The number of hydrogen-bond acceptors (Lipinski definition) is 1. The number of rotatable bonds is 1. The van der Waals surface area contributed by atoms with Crippen LogP contribution in [0.1, 0.15) is 19.4 Å². The molecule has 0 saturated heterocycles. The van der Waals surface area contributed by atoms with Gasteiger partial charge in [0, 0.05) is 0 Å². The third-order valence-corrected chi connectivity index (χ3v) is 1.32. The molecule has 92 valence electrons. The number of hydrogen-bond donors (Lipinski definition) is 0. The highest BCUT2D eigenvalue weighted by molar-refractivity contribution is 5.31. The Kier molecular flexibility index (Phi) is 9.36. The molecule has 4 heteroatoms. The van der Waals surface area contributed by atoms with Gasteiger partial charge in [-0.15, -0.1) is 26.3 Å². The number of aryl methyl sites for hydroxylation is 1. The summed E-state index contributed by atoms with van der Waals surface area (Å²) in [7, 11) is 0. The van der Waals surface area contributed by atoms with Gasteiger partial charge in [0.25, 0.3) is 0 Å². The van der Waals surface area contributed by atoms with Crippen molar-refractivity contribution in [1.82, 2.24) is 0 Å². The van der Waals surface area contributed by atoms with Gasteiger partial charge in [-0.3, -0.25) is 0 Å². The molecule has 0 atom stereocenters. The van der Waals surface area contributed by atoms with E-state index in [0.717, 1.165) is 0 Å². The van der Waals surface area contributed by atoms with Gasteiger partial charge in [0.05, 0.1) is 0 Å². The highest BCUT2D eigenvalue weighted by atomic mass is 19.4. The quantitative estimate of drug-likeness (QED) is 0.639. The zero-order valence-corrected chi connectivity index (χ0v) is 9.77. The minimum atomic E-state index is -4.61. The molecule has 0 unspecified atom stereocenters. The van der Waals surface area contributed by atoms with Gasteiger partial charge in [-0.1, -0.05) is 32.0 Å². The van der Waals surface area contributed by atoms with E-state index in [0.29, 0.717) is 5.56 Å². The van der Waals surface area contributed by atoms with Crippen LogP contribution in [0.5, 0.6) is 5.75 Å². The first kappa shape index (κ1) is 17.0. The summed E-state index contributed by atoms with van der Waals surface area (Å²) in [6.07, 6.45) is -4.61. The Labute approximate surface area is 94.6 Å². The first-order valence-corrected chi connectivity index (χ1v) is 4.80. The lowest BCUT2D eigenvalue weighted by Gasteiger charge is -2.10. The summed E-state index contributed by atoms with van der Waals surface area (Å²) in [5.74, 6) is -0.148. The lowest BCUT2D eigenvalue weighted by atomic mass is 10.2. The SMILES string of the molecule is C=C.CC.Cc1ccccc1OC(F)(F)F. The van der Waals surface area contributed by atoms with Crippen molar-refractivity contribution in [2.75, 3.05) is 0 Å². The molecule has 1 aromatic rings. The fourth-order valence-corrected chi connectivity index (χ4v) is 0.796. The lowest BCUT2D eigenvalue weighted by molar-refractivity contribution is -0.274. The smallest absolute Gasteiger partial charge is 0.406 e. The molecule has 0 heterocycles. The van der Waals surface area contributed by atoms with Crippen molar-refractivity contribution in [3.8, 4) is 5.75 Å². The Morgan fingerprint density at radius 1 is 1.06 bits per heavy atom. The van der Waals surface area contributed by atoms with E-state index in [9.17, 15) is 13.2 Å². The number of ether oxygens (including phenoxy) is 1. The lowest BCUT2D eigenvalue weighted by Crippen LogP contribution is -2.17. The highest BCUT2D eigenvalue weighted by Gasteiger charge is 2.31. The topological polar surface area (TPSA) is 9.23 Å². The van der Waals surface area contributed by atoms with E-state index in [1.165, 1.54) is 12.1 Å². The number of para-hydroxylation sites is 1. The maximum atomic E-state index is 11.7. The van der Waals surface area contributed by atoms with Crippen molar-refractivity contribution < 1.29 is 17.9 Å². The molecule has 0 aromatic heterocycles. The second kappa shape index (κ2) is 8.83. The Morgan fingerprint density at radius 2 is 1.50 bits per heavy atom. The van der Waals surface area contributed by atoms with Gasteiger partial charge in [-0.2, -0.15) is 0 Å². The zero-order chi connectivity index (χ0) is 13.2. The number of halogens is 3. The summed E-state index contributed by atoms with van der Waals surface area (Å²) in [5.41, 5.74) is 0.467. The van der Waals surface area contributed by atoms with Gasteiger partial charge >= 0.3 is 6.36 Å². The molecule has 0 amide bonds. The molecular formula is C12H17F3O. The van der Waals surface area contributed by atoms with Crippen LogP contribution in [0.4, 0.5) is 13.2 Å². The van der Waals surface area contributed by atoms with Crippen LogP contribution in [-0.4, -0.2) is 6.36 Å². The van der Waals surface area contributed by atoms with Gasteiger partial charge in [0.1, 0.15) is 5.75 Å². The van der Waals surface area contributed by atoms with Gasteiger partial charge < -0.3 is 4.74 Å². The summed E-state index contributed by atoms with van der Waals surface area (Å²) in [6, 6.07) is 5.98. The normalized spacial score (nSPS) is 9.12. The van der Waals surface area contributed by atoms with E-state index >= 15 is 0 Å². The predicted octanol–water partition coefficient (Wildman–Crippen LogP) is 4.72. The van der Waals surface area contributed by atoms with Gasteiger partial charge in [0.2, 0.25) is 0 Å². The molecule has 0 spiro atoms. The fourth-order valence-electron chi connectivity index (χ4n) is 0.796. The van der Waals surface area contributed by atoms with Gasteiger partial charge in [-0.25, -0.2) is 0 Å². The zero-order valence-electron chi connectivity index (χ0n) is 9.77. The largest absolute Gasteiger partial charge is 0.573 e. The summed E-state index contributed by atoms with van der Waals surface area (Å²) in [5, 5.41) is 0. The van der Waals surface area contributed by atoms with E-state index in [2.05, 4.69) is 17.9 Å². The average molecular weight is 234 g/mol. The van der Waals surface area contributed by atoms with Crippen LogP contribution in [0.15, 0.2) is 37.4 Å². The minimum Gasteiger partial charge on any atom is -0.406 e. The molecule has 0 saturated carbocycles. The first-order chi connectivity index (χ1) is 7.49. The van der Waals surface area contributed by atoms with Gasteiger partial charge in [0.15, 0.2) is 0 Å². The Morgan fingerprint density at radius 3 is 1.88 bits per heavy atom. The molecule has 0 aliphatic heterocycles. The predicted molar refractivity (Wildman–Crippen MR) is 60.5 cm³/mol. The van der Waals surface area contributed by atoms with Crippen LogP contribution in [0.3, 0.4) is 0 Å². The summed E-state index contributed by atoms with van der Waals surface area (Å²) >= 11 is 0. The molecule has 0 bridgehead atoms. The molecule has 0 aliphatic carbocycles. The van der Waals surface area contributed by atoms with E-state index in [4.69, 9.17) is 0 Å². The van der Waals surface area contributed by atoms with E-state index in [-0.39, 0.29) is 5.75 Å². The van der Waals surface area contributed by atoms with Crippen molar-refractivity contribution in [2.24, 2.45) is 0 Å². The standard InChI is InChI=1S/C8H7F3O.C2H6.C2H4/c1-6-4-2-3-5-7(6)12-8(9,10)11;2*1-2/h2-5H,1H3;1-2H3;1-2H2. The average Bonchev–Trinajstić information content (AvgIpc) is 2.26. The van der Waals surface area contributed by atoms with Crippen molar-refractivity contribution in [3.63, 3.8) is 0 Å². The highest BCUT2D eigenvalue weighted by Crippen LogP contribution is 2.25. The summed E-state index contributed by atoms with van der Waals surface area (Å²) in [6.45, 7) is 11.6.